The van der Waals surface area contributed by atoms with Gasteiger partial charge in [-0.2, -0.15) is 0 Å². The lowest BCUT2D eigenvalue weighted by Gasteiger charge is -2.31. The van der Waals surface area contributed by atoms with Gasteiger partial charge in [0, 0.05) is 31.4 Å². The van der Waals surface area contributed by atoms with Crippen molar-refractivity contribution in [2.45, 2.75) is 57.5 Å². The molecule has 0 radical (unpaired) electrons. The number of carbonyl (C=O) groups excluding carboxylic acids is 2. The lowest BCUT2D eigenvalue weighted by molar-refractivity contribution is -0.141. The first-order chi connectivity index (χ1) is 17.3. The third kappa shape index (κ3) is 4.95. The molecule has 4 rings (SSSR count). The average Bonchev–Trinajstić information content (AvgIpc) is 3.08. The van der Waals surface area contributed by atoms with E-state index in [-0.39, 0.29) is 24.8 Å². The Hall–Kier alpha value is -3.39. The summed E-state index contributed by atoms with van der Waals surface area (Å²) in [6.45, 7) is 6.75. The van der Waals surface area contributed by atoms with Crippen LogP contribution >= 0.6 is 0 Å². The van der Waals surface area contributed by atoms with Crippen molar-refractivity contribution in [3.8, 4) is 0 Å². The highest BCUT2D eigenvalue weighted by Crippen LogP contribution is 2.42. The molecule has 0 aliphatic carbocycles. The van der Waals surface area contributed by atoms with E-state index < -0.39 is 16.1 Å². The quantitative estimate of drug-likeness (QED) is 0.441. The third-order valence-corrected chi connectivity index (χ3v) is 8.50. The van der Waals surface area contributed by atoms with Crippen molar-refractivity contribution in [1.82, 2.24) is 10.2 Å². The van der Waals surface area contributed by atoms with Crippen molar-refractivity contribution in [1.29, 1.82) is 0 Å². The van der Waals surface area contributed by atoms with Crippen LogP contribution < -0.4 is 9.62 Å². The number of nitrogens with zero attached hydrogens (tertiary/aromatic N) is 2. The molecule has 1 aliphatic heterocycles. The van der Waals surface area contributed by atoms with E-state index in [4.69, 9.17) is 0 Å². The maximum absolute atomic E-state index is 13.4. The van der Waals surface area contributed by atoms with Crippen LogP contribution in [0.1, 0.15) is 44.2 Å². The van der Waals surface area contributed by atoms with E-state index in [0.717, 1.165) is 21.9 Å². The van der Waals surface area contributed by atoms with E-state index in [1.54, 1.807) is 17.0 Å². The first-order valence-corrected chi connectivity index (χ1v) is 13.9. The normalized spacial score (nSPS) is 14.6. The van der Waals surface area contributed by atoms with Crippen molar-refractivity contribution in [2.75, 3.05) is 17.4 Å². The molecule has 0 bridgehead atoms. The van der Waals surface area contributed by atoms with Crippen LogP contribution in [0.2, 0.25) is 0 Å². The molecule has 2 amide bonds. The highest BCUT2D eigenvalue weighted by molar-refractivity contribution is 7.93. The summed E-state index contributed by atoms with van der Waals surface area (Å²) in [6, 6.07) is 18.2. The second-order valence-electron chi connectivity index (χ2n) is 9.14. The Labute approximate surface area is 213 Å². The number of aryl methyl sites for hydroxylation is 1. The highest BCUT2D eigenvalue weighted by Gasteiger charge is 2.35. The van der Waals surface area contributed by atoms with Gasteiger partial charge in [0.1, 0.15) is 6.04 Å². The lowest BCUT2D eigenvalue weighted by Crippen LogP contribution is -2.49. The standard InChI is InChI=1S/C28H33N3O4S/c1-4-23(28(33)29-5-2)30(19-21-16-14-20(3)15-17-21)26(32)13-8-18-31-24-11-6-9-22-10-7-12-25(27(22)24)36(31,34)35/h6-7,9-12,14-17,23H,4-5,8,13,18-19H2,1-3H3,(H,29,33)/t23-/m0/s1. The van der Waals surface area contributed by atoms with Gasteiger partial charge < -0.3 is 10.2 Å². The zero-order valence-corrected chi connectivity index (χ0v) is 21.8. The molecule has 0 fully saturated rings. The van der Waals surface area contributed by atoms with E-state index >= 15 is 0 Å². The second kappa shape index (κ2) is 10.7. The number of anilines is 1. The third-order valence-electron chi connectivity index (χ3n) is 6.64. The first kappa shape index (κ1) is 25.7. The minimum absolute atomic E-state index is 0.139. The minimum atomic E-state index is -3.67. The molecule has 190 valence electrons. The summed E-state index contributed by atoms with van der Waals surface area (Å²) in [7, 11) is -3.67. The molecule has 8 heteroatoms. The number of sulfonamides is 1. The number of hydrogen-bond acceptors (Lipinski definition) is 4. The molecule has 0 spiro atoms. The second-order valence-corrected chi connectivity index (χ2v) is 11.0. The Balaban J connectivity index is 1.51. The smallest absolute Gasteiger partial charge is 0.265 e. The van der Waals surface area contributed by atoms with E-state index in [2.05, 4.69) is 5.32 Å². The number of nitrogens with one attached hydrogen (secondary N) is 1. The summed E-state index contributed by atoms with van der Waals surface area (Å²) >= 11 is 0. The molecule has 0 unspecified atom stereocenters. The van der Waals surface area contributed by atoms with Crippen LogP contribution in [-0.2, 0) is 26.2 Å². The fourth-order valence-electron chi connectivity index (χ4n) is 4.82. The average molecular weight is 508 g/mol. The Morgan fingerprint density at radius 2 is 1.69 bits per heavy atom. The predicted octanol–water partition coefficient (Wildman–Crippen LogP) is 4.38. The summed E-state index contributed by atoms with van der Waals surface area (Å²) in [6.07, 6.45) is 0.972. The summed E-state index contributed by atoms with van der Waals surface area (Å²) in [5.74, 6) is -0.342. The van der Waals surface area contributed by atoms with Gasteiger partial charge in [0.05, 0.1) is 10.6 Å². The topological polar surface area (TPSA) is 86.8 Å². The van der Waals surface area contributed by atoms with Crippen molar-refractivity contribution in [2.24, 2.45) is 0 Å². The first-order valence-electron chi connectivity index (χ1n) is 12.4. The Kier molecular flexibility index (Phi) is 7.64. The number of amides is 2. The molecule has 0 saturated heterocycles. The van der Waals surface area contributed by atoms with Crippen LogP contribution in [-0.4, -0.2) is 44.3 Å². The summed E-state index contributed by atoms with van der Waals surface area (Å²) in [5, 5.41) is 4.45. The molecule has 1 aliphatic rings. The zero-order valence-electron chi connectivity index (χ0n) is 21.0. The van der Waals surface area contributed by atoms with Gasteiger partial charge in [-0.3, -0.25) is 13.9 Å². The number of hydrogen-bond donors (Lipinski definition) is 1. The SMILES string of the molecule is CCNC(=O)[C@H](CC)N(Cc1ccc(C)cc1)C(=O)CCCN1c2cccc3cccc(c23)S1(=O)=O. The molecule has 7 nitrogen and oxygen atoms in total. The fourth-order valence-corrected chi connectivity index (χ4v) is 6.57. The Bertz CT molecular complexity index is 1360. The van der Waals surface area contributed by atoms with Crippen LogP contribution in [0, 0.1) is 6.92 Å². The molecule has 1 N–H and O–H groups in total. The maximum atomic E-state index is 13.4. The molecule has 0 aromatic heterocycles. The lowest BCUT2D eigenvalue weighted by atomic mass is 10.1. The van der Waals surface area contributed by atoms with Gasteiger partial charge in [-0.1, -0.05) is 61.0 Å². The molecule has 36 heavy (non-hydrogen) atoms. The molecule has 1 atom stereocenters. The molecular weight excluding hydrogens is 474 g/mol. The number of carbonyl (C=O) groups is 2. The van der Waals surface area contributed by atoms with Gasteiger partial charge in [-0.15, -0.1) is 0 Å². The number of likely N-dealkylation sites (N-methyl/N-ethyl adjacent to an activating group) is 1. The predicted molar refractivity (Wildman–Crippen MR) is 142 cm³/mol. The molecule has 0 saturated carbocycles. The highest BCUT2D eigenvalue weighted by atomic mass is 32.2. The fraction of sp³-hybridized carbons (Fsp3) is 0.357. The van der Waals surface area contributed by atoms with Crippen LogP contribution in [0.3, 0.4) is 0 Å². The van der Waals surface area contributed by atoms with Gasteiger partial charge in [-0.25, -0.2) is 8.42 Å². The van der Waals surface area contributed by atoms with Gasteiger partial charge in [0.25, 0.3) is 10.0 Å². The molecule has 1 heterocycles. The van der Waals surface area contributed by atoms with Gasteiger partial charge in [0.2, 0.25) is 11.8 Å². The van der Waals surface area contributed by atoms with Crippen LogP contribution in [0.15, 0.2) is 65.6 Å². The summed E-state index contributed by atoms with van der Waals surface area (Å²) < 4.78 is 27.9. The molecular formula is C28H33N3O4S. The maximum Gasteiger partial charge on any atom is 0.265 e. The van der Waals surface area contributed by atoms with Crippen molar-refractivity contribution in [3.63, 3.8) is 0 Å². The van der Waals surface area contributed by atoms with Crippen molar-refractivity contribution >= 4 is 38.3 Å². The number of benzene rings is 3. The summed E-state index contributed by atoms with van der Waals surface area (Å²) in [5.41, 5.74) is 2.72. The van der Waals surface area contributed by atoms with Crippen LogP contribution in [0.25, 0.3) is 10.8 Å². The van der Waals surface area contributed by atoms with Crippen LogP contribution in [0.4, 0.5) is 5.69 Å². The van der Waals surface area contributed by atoms with Gasteiger partial charge >= 0.3 is 0 Å². The summed E-state index contributed by atoms with van der Waals surface area (Å²) in [4.78, 5) is 28.2. The van der Waals surface area contributed by atoms with Gasteiger partial charge in [0.15, 0.2) is 0 Å². The van der Waals surface area contributed by atoms with Crippen molar-refractivity contribution in [3.05, 3.63) is 71.8 Å². The minimum Gasteiger partial charge on any atom is -0.355 e. The van der Waals surface area contributed by atoms with E-state index in [1.807, 2.05) is 69.3 Å². The Morgan fingerprint density at radius 1 is 1.00 bits per heavy atom. The largest absolute Gasteiger partial charge is 0.355 e. The zero-order chi connectivity index (χ0) is 25.9. The van der Waals surface area contributed by atoms with Gasteiger partial charge in [-0.05, 0) is 49.8 Å². The Morgan fingerprint density at radius 3 is 2.36 bits per heavy atom. The van der Waals surface area contributed by atoms with E-state index in [0.29, 0.717) is 36.5 Å². The van der Waals surface area contributed by atoms with E-state index in [9.17, 15) is 18.0 Å². The van der Waals surface area contributed by atoms with Crippen molar-refractivity contribution < 1.29 is 18.0 Å². The van der Waals surface area contributed by atoms with E-state index in [1.165, 1.54) is 4.31 Å². The van der Waals surface area contributed by atoms with Crippen LogP contribution in [0.5, 0.6) is 0 Å². The molecule has 3 aromatic carbocycles. The number of rotatable bonds is 10. The monoisotopic (exact) mass is 507 g/mol. The molecule has 3 aromatic rings.